The Hall–Kier alpha value is -3.33. The molecule has 0 aliphatic heterocycles. The van der Waals surface area contributed by atoms with Crippen molar-refractivity contribution in [1.29, 1.82) is 0 Å². The second kappa shape index (κ2) is 7.96. The number of nitrogens with zero attached hydrogens (tertiary/aromatic N) is 4. The number of fused-ring (bicyclic) bond motifs is 1. The maximum absolute atomic E-state index is 13.0. The number of carbonyl (C=O) groups is 1. The van der Waals surface area contributed by atoms with E-state index in [2.05, 4.69) is 25.7 Å². The van der Waals surface area contributed by atoms with E-state index in [1.165, 1.54) is 0 Å². The van der Waals surface area contributed by atoms with Gasteiger partial charge in [0.05, 0.1) is 22.3 Å². The predicted octanol–water partition coefficient (Wildman–Crippen LogP) is 3.44. The number of rotatable bonds is 6. The first-order valence-corrected chi connectivity index (χ1v) is 9.74. The van der Waals surface area contributed by atoms with Crippen LogP contribution < -0.4 is 5.32 Å². The van der Waals surface area contributed by atoms with Gasteiger partial charge in [-0.15, -0.1) is 0 Å². The summed E-state index contributed by atoms with van der Waals surface area (Å²) >= 11 is 5.20. The van der Waals surface area contributed by atoms with Crippen LogP contribution in [-0.4, -0.2) is 37.4 Å². The molecule has 0 spiro atoms. The molecule has 4 rings (SSSR count). The van der Waals surface area contributed by atoms with Crippen molar-refractivity contribution in [1.82, 2.24) is 30.2 Å². The fourth-order valence-corrected chi connectivity index (χ4v) is 3.56. The number of aromatic amines is 1. The number of amides is 1. The lowest BCUT2D eigenvalue weighted by atomic mass is 10.1. The molecule has 3 aromatic heterocycles. The number of aryl methyl sites for hydroxylation is 1. The molecule has 0 saturated carbocycles. The molecule has 1 amide bonds. The second-order valence-electron chi connectivity index (χ2n) is 6.56. The van der Waals surface area contributed by atoms with Gasteiger partial charge in [0.15, 0.2) is 4.77 Å². The molecule has 9 heteroatoms. The number of hydrogen-bond acceptors (Lipinski definition) is 6. The zero-order chi connectivity index (χ0) is 20.4. The number of pyridine rings is 1. The third-order valence-corrected chi connectivity index (χ3v) is 5.03. The van der Waals surface area contributed by atoms with Crippen molar-refractivity contribution < 1.29 is 9.32 Å². The quantitative estimate of drug-likeness (QED) is 0.474. The van der Waals surface area contributed by atoms with Gasteiger partial charge < -0.3 is 14.4 Å². The highest BCUT2D eigenvalue weighted by molar-refractivity contribution is 7.71. The summed E-state index contributed by atoms with van der Waals surface area (Å²) < 4.78 is 7.83. The van der Waals surface area contributed by atoms with E-state index in [9.17, 15) is 4.79 Å². The van der Waals surface area contributed by atoms with Crippen molar-refractivity contribution in [2.45, 2.75) is 26.8 Å². The van der Waals surface area contributed by atoms with Crippen molar-refractivity contribution in [3.05, 3.63) is 58.3 Å². The van der Waals surface area contributed by atoms with E-state index in [0.29, 0.717) is 45.8 Å². The summed E-state index contributed by atoms with van der Waals surface area (Å²) in [5.74, 6) is 0.599. The summed E-state index contributed by atoms with van der Waals surface area (Å²) in [6.07, 6.45) is 0.565. The average molecular weight is 408 g/mol. The lowest BCUT2D eigenvalue weighted by Crippen LogP contribution is -2.27. The Kier molecular flexibility index (Phi) is 5.22. The van der Waals surface area contributed by atoms with Crippen LogP contribution in [0.5, 0.6) is 0 Å². The van der Waals surface area contributed by atoms with E-state index in [1.54, 1.807) is 13.0 Å². The molecular weight excluding hydrogens is 388 g/mol. The van der Waals surface area contributed by atoms with Gasteiger partial charge in [0.2, 0.25) is 0 Å². The van der Waals surface area contributed by atoms with E-state index in [-0.39, 0.29) is 5.91 Å². The Bertz CT molecular complexity index is 1220. The van der Waals surface area contributed by atoms with Crippen LogP contribution in [0.3, 0.4) is 0 Å². The van der Waals surface area contributed by atoms with Crippen LogP contribution in [0.4, 0.5) is 0 Å². The lowest BCUT2D eigenvalue weighted by molar-refractivity contribution is 0.0955. The highest BCUT2D eigenvalue weighted by Gasteiger charge is 2.19. The Morgan fingerprint density at radius 2 is 2.10 bits per heavy atom. The number of aromatic nitrogens is 5. The van der Waals surface area contributed by atoms with E-state index < -0.39 is 0 Å². The highest BCUT2D eigenvalue weighted by Crippen LogP contribution is 2.26. The molecule has 1 aromatic carbocycles. The van der Waals surface area contributed by atoms with Crippen LogP contribution in [0.2, 0.25) is 0 Å². The lowest BCUT2D eigenvalue weighted by Gasteiger charge is -2.09. The fourth-order valence-electron chi connectivity index (χ4n) is 3.28. The van der Waals surface area contributed by atoms with Gasteiger partial charge in [-0.05, 0) is 32.1 Å². The first kappa shape index (κ1) is 19.0. The second-order valence-corrected chi connectivity index (χ2v) is 6.95. The first-order valence-electron chi connectivity index (χ1n) is 9.33. The van der Waals surface area contributed by atoms with E-state index in [0.717, 1.165) is 17.9 Å². The molecule has 29 heavy (non-hydrogen) atoms. The van der Waals surface area contributed by atoms with Crippen LogP contribution in [0.1, 0.15) is 28.8 Å². The SMILES string of the molecule is CCn1c(CCNC(=O)c2cc(-c3ccccc3)nc3onc(C)c23)n[nH]c1=S. The molecule has 148 valence electrons. The molecule has 0 fully saturated rings. The molecular formula is C20H20N6O2S. The average Bonchev–Trinajstić information content (AvgIpc) is 3.30. The topological polar surface area (TPSA) is 102 Å². The summed E-state index contributed by atoms with van der Waals surface area (Å²) in [6, 6.07) is 11.4. The summed E-state index contributed by atoms with van der Waals surface area (Å²) in [5, 5.41) is 14.6. The van der Waals surface area contributed by atoms with E-state index in [4.69, 9.17) is 16.7 Å². The minimum Gasteiger partial charge on any atom is -0.352 e. The van der Waals surface area contributed by atoms with E-state index in [1.807, 2.05) is 41.8 Å². The van der Waals surface area contributed by atoms with Gasteiger partial charge in [-0.2, -0.15) is 5.10 Å². The van der Waals surface area contributed by atoms with Gasteiger partial charge in [0.1, 0.15) is 5.82 Å². The van der Waals surface area contributed by atoms with Crippen molar-refractivity contribution >= 4 is 29.2 Å². The summed E-state index contributed by atoms with van der Waals surface area (Å²) in [5.41, 5.74) is 3.02. The maximum Gasteiger partial charge on any atom is 0.259 e. The Morgan fingerprint density at radius 1 is 1.31 bits per heavy atom. The van der Waals surface area contributed by atoms with Crippen LogP contribution in [0, 0.1) is 11.7 Å². The number of benzene rings is 1. The Labute approximate surface area is 171 Å². The summed E-state index contributed by atoms with van der Waals surface area (Å²) in [7, 11) is 0. The molecule has 0 atom stereocenters. The molecule has 0 saturated heterocycles. The normalized spacial score (nSPS) is 11.1. The largest absolute Gasteiger partial charge is 0.352 e. The minimum atomic E-state index is -0.210. The van der Waals surface area contributed by atoms with Gasteiger partial charge in [-0.1, -0.05) is 35.5 Å². The van der Waals surface area contributed by atoms with Crippen LogP contribution in [0.15, 0.2) is 40.9 Å². The summed E-state index contributed by atoms with van der Waals surface area (Å²) in [6.45, 7) is 4.95. The van der Waals surface area contributed by atoms with E-state index >= 15 is 0 Å². The molecule has 0 aliphatic rings. The first-order chi connectivity index (χ1) is 14.1. The van der Waals surface area contributed by atoms with Crippen molar-refractivity contribution in [3.8, 4) is 11.3 Å². The third-order valence-electron chi connectivity index (χ3n) is 4.72. The van der Waals surface area contributed by atoms with Gasteiger partial charge >= 0.3 is 0 Å². The molecule has 2 N–H and O–H groups in total. The third kappa shape index (κ3) is 3.68. The molecule has 8 nitrogen and oxygen atoms in total. The molecule has 0 radical (unpaired) electrons. The van der Waals surface area contributed by atoms with Gasteiger partial charge in [-0.25, -0.2) is 4.98 Å². The van der Waals surface area contributed by atoms with Gasteiger partial charge in [-0.3, -0.25) is 9.89 Å². The molecule has 0 unspecified atom stereocenters. The van der Waals surface area contributed by atoms with Gasteiger partial charge in [0.25, 0.3) is 11.6 Å². The predicted molar refractivity (Wildman–Crippen MR) is 111 cm³/mol. The monoisotopic (exact) mass is 408 g/mol. The standard InChI is InChI=1S/C20H20N6O2S/c1-3-26-16(23-24-20(26)29)9-10-21-18(27)14-11-15(13-7-5-4-6-8-13)22-19-17(14)12(2)25-28-19/h4-8,11H,3,9-10H2,1-2H3,(H,21,27)(H,24,29). The number of carbonyl (C=O) groups excluding carboxylic acids is 1. The fraction of sp³-hybridized carbons (Fsp3) is 0.250. The highest BCUT2D eigenvalue weighted by atomic mass is 32.1. The Balaban J connectivity index is 1.61. The number of hydrogen-bond donors (Lipinski definition) is 2. The molecule has 0 aliphatic carbocycles. The number of H-pyrrole nitrogens is 1. The smallest absolute Gasteiger partial charge is 0.259 e. The van der Waals surface area contributed by atoms with Gasteiger partial charge in [0, 0.05) is 25.1 Å². The van der Waals surface area contributed by atoms with Crippen LogP contribution in [0.25, 0.3) is 22.4 Å². The zero-order valence-electron chi connectivity index (χ0n) is 16.1. The number of nitrogens with one attached hydrogen (secondary N) is 2. The van der Waals surface area contributed by atoms with Crippen molar-refractivity contribution in [2.24, 2.45) is 0 Å². The van der Waals surface area contributed by atoms with Crippen molar-refractivity contribution in [3.63, 3.8) is 0 Å². The summed E-state index contributed by atoms with van der Waals surface area (Å²) in [4.78, 5) is 17.5. The molecule has 0 bridgehead atoms. The Morgan fingerprint density at radius 3 is 2.86 bits per heavy atom. The zero-order valence-corrected chi connectivity index (χ0v) is 16.9. The van der Waals surface area contributed by atoms with Crippen LogP contribution in [-0.2, 0) is 13.0 Å². The minimum absolute atomic E-state index is 0.210. The molecule has 3 heterocycles. The maximum atomic E-state index is 13.0. The van der Waals surface area contributed by atoms with Crippen LogP contribution >= 0.6 is 12.2 Å². The van der Waals surface area contributed by atoms with Crippen molar-refractivity contribution in [2.75, 3.05) is 6.54 Å². The molecule has 4 aromatic rings.